The number of nitrogen functional groups attached to an aromatic ring is 1. The van der Waals surface area contributed by atoms with Gasteiger partial charge in [-0.15, -0.1) is 24.0 Å². The maximum atomic E-state index is 10.6. The van der Waals surface area contributed by atoms with E-state index in [1.165, 1.54) is 17.4 Å². The molecule has 0 saturated heterocycles. The van der Waals surface area contributed by atoms with Crippen molar-refractivity contribution in [3.63, 3.8) is 0 Å². The molecule has 2 aromatic rings. The Kier molecular flexibility index (Phi) is 2.09. The van der Waals surface area contributed by atoms with E-state index in [2.05, 4.69) is 12.6 Å². The van der Waals surface area contributed by atoms with Crippen LogP contribution in [0.5, 0.6) is 0 Å². The fraction of sp³-hybridized carbons (Fsp3) is 0. The third-order valence-corrected chi connectivity index (χ3v) is 3.11. The van der Waals surface area contributed by atoms with Crippen molar-refractivity contribution in [2.75, 3.05) is 5.73 Å². The van der Waals surface area contributed by atoms with Crippen molar-refractivity contribution < 1.29 is 4.92 Å². The second kappa shape index (κ2) is 3.14. The maximum absolute atomic E-state index is 10.6. The summed E-state index contributed by atoms with van der Waals surface area (Å²) in [6.07, 6.45) is 0. The number of thiol groups is 1. The van der Waals surface area contributed by atoms with Gasteiger partial charge in [0.25, 0.3) is 5.69 Å². The Morgan fingerprint density at radius 1 is 1.43 bits per heavy atom. The zero-order valence-electron chi connectivity index (χ0n) is 6.93. The zero-order valence-corrected chi connectivity index (χ0v) is 8.64. The summed E-state index contributed by atoms with van der Waals surface area (Å²) in [6, 6.07) is 4.88. The predicted octanol–water partition coefficient (Wildman–Crippen LogP) is 2.68. The summed E-state index contributed by atoms with van der Waals surface area (Å²) >= 11 is 5.44. The molecule has 6 heteroatoms. The molecule has 72 valence electrons. The molecule has 1 aromatic heterocycles. The average Bonchev–Trinajstić information content (AvgIpc) is 2.42. The predicted molar refractivity (Wildman–Crippen MR) is 60.1 cm³/mol. The van der Waals surface area contributed by atoms with Gasteiger partial charge in [-0.05, 0) is 12.1 Å². The third-order valence-electron chi connectivity index (χ3n) is 1.83. The number of hydrogen-bond donors (Lipinski definition) is 2. The summed E-state index contributed by atoms with van der Waals surface area (Å²) in [4.78, 5) is 10.5. The molecule has 0 spiro atoms. The van der Waals surface area contributed by atoms with E-state index >= 15 is 0 Å². The fourth-order valence-corrected chi connectivity index (χ4v) is 2.45. The van der Waals surface area contributed by atoms with Crippen LogP contribution in [-0.4, -0.2) is 4.92 Å². The minimum Gasteiger partial charge on any atom is -0.391 e. The summed E-state index contributed by atoms with van der Waals surface area (Å²) < 4.78 is 0.915. The van der Waals surface area contributed by atoms with Gasteiger partial charge >= 0.3 is 0 Å². The summed E-state index contributed by atoms with van der Waals surface area (Å²) in [5, 5.41) is 12.0. The van der Waals surface area contributed by atoms with Crippen LogP contribution in [0.15, 0.2) is 23.1 Å². The van der Waals surface area contributed by atoms with Crippen LogP contribution in [0.4, 0.5) is 10.7 Å². The molecule has 1 heterocycles. The second-order valence-electron chi connectivity index (χ2n) is 2.78. The number of rotatable bonds is 1. The zero-order chi connectivity index (χ0) is 10.3. The molecule has 2 N–H and O–H groups in total. The maximum Gasteiger partial charge on any atom is 0.283 e. The van der Waals surface area contributed by atoms with Crippen LogP contribution in [0.25, 0.3) is 10.1 Å². The third kappa shape index (κ3) is 1.42. The Bertz CT molecular complexity index is 521. The molecule has 0 unspecified atom stereocenters. The quantitative estimate of drug-likeness (QED) is 0.446. The number of hydrogen-bond acceptors (Lipinski definition) is 5. The van der Waals surface area contributed by atoms with E-state index in [0.29, 0.717) is 9.90 Å². The van der Waals surface area contributed by atoms with Crippen molar-refractivity contribution in [1.29, 1.82) is 0 Å². The lowest BCUT2D eigenvalue weighted by atomic mass is 10.2. The highest BCUT2D eigenvalue weighted by atomic mass is 32.1. The summed E-state index contributed by atoms with van der Waals surface area (Å²) in [6.45, 7) is 0. The van der Waals surface area contributed by atoms with Gasteiger partial charge in [0.15, 0.2) is 0 Å². The Morgan fingerprint density at radius 2 is 2.14 bits per heavy atom. The van der Waals surface area contributed by atoms with Crippen molar-refractivity contribution in [3.8, 4) is 0 Å². The highest BCUT2D eigenvalue weighted by Crippen LogP contribution is 2.34. The van der Waals surface area contributed by atoms with E-state index < -0.39 is 4.92 Å². The SMILES string of the molecule is Nc1cc2cc([N+](=O)[O-])c(S)cc2s1. The Hall–Kier alpha value is -1.27. The van der Waals surface area contributed by atoms with Gasteiger partial charge in [0.2, 0.25) is 0 Å². The Balaban J connectivity index is 2.76. The lowest BCUT2D eigenvalue weighted by Gasteiger charge is -1.95. The first-order valence-electron chi connectivity index (χ1n) is 3.74. The van der Waals surface area contributed by atoms with Crippen LogP contribution in [0.1, 0.15) is 0 Å². The number of nitro benzene ring substituents is 1. The summed E-state index contributed by atoms with van der Waals surface area (Å²) in [5.41, 5.74) is 5.60. The van der Waals surface area contributed by atoms with E-state index in [9.17, 15) is 10.1 Å². The van der Waals surface area contributed by atoms with Crippen LogP contribution in [0, 0.1) is 10.1 Å². The first-order chi connectivity index (χ1) is 6.58. The van der Waals surface area contributed by atoms with Gasteiger partial charge in [0.05, 0.1) is 14.8 Å². The Labute approximate surface area is 88.9 Å². The van der Waals surface area contributed by atoms with E-state index in [1.54, 1.807) is 12.1 Å². The topological polar surface area (TPSA) is 69.2 Å². The first kappa shape index (κ1) is 9.29. The van der Waals surface area contributed by atoms with Crippen LogP contribution in [-0.2, 0) is 0 Å². The molecular formula is C8H6N2O2S2. The van der Waals surface area contributed by atoms with E-state index in [1.807, 2.05) is 0 Å². The van der Waals surface area contributed by atoms with Crippen LogP contribution < -0.4 is 5.73 Å². The van der Waals surface area contributed by atoms with E-state index in [0.717, 1.165) is 10.1 Å². The molecule has 4 nitrogen and oxygen atoms in total. The first-order valence-corrected chi connectivity index (χ1v) is 5.01. The number of nitro groups is 1. The molecule has 0 bridgehead atoms. The number of anilines is 1. The number of nitrogens with two attached hydrogens (primary N) is 1. The van der Waals surface area contributed by atoms with E-state index in [4.69, 9.17) is 5.73 Å². The van der Waals surface area contributed by atoms with Gasteiger partial charge in [-0.2, -0.15) is 0 Å². The summed E-state index contributed by atoms with van der Waals surface area (Å²) in [5.74, 6) is 0. The second-order valence-corrected chi connectivity index (χ2v) is 4.38. The number of thiophene rings is 1. The minimum atomic E-state index is -0.449. The van der Waals surface area contributed by atoms with Gasteiger partial charge < -0.3 is 5.73 Å². The van der Waals surface area contributed by atoms with Crippen molar-refractivity contribution in [2.45, 2.75) is 4.90 Å². The van der Waals surface area contributed by atoms with Crippen molar-refractivity contribution in [1.82, 2.24) is 0 Å². The monoisotopic (exact) mass is 226 g/mol. The van der Waals surface area contributed by atoms with Gasteiger partial charge in [-0.1, -0.05) is 0 Å². The molecule has 0 fully saturated rings. The van der Waals surface area contributed by atoms with Gasteiger partial charge in [0.1, 0.15) is 0 Å². The van der Waals surface area contributed by atoms with Crippen molar-refractivity contribution in [3.05, 3.63) is 28.3 Å². The molecule has 1 aromatic carbocycles. The standard InChI is InChI=1S/C8H6N2O2S2/c9-8-2-4-1-5(10(11)12)6(13)3-7(4)14-8/h1-3,13H,9H2. The fourth-order valence-electron chi connectivity index (χ4n) is 1.23. The molecule has 0 aliphatic carbocycles. The van der Waals surface area contributed by atoms with Crippen LogP contribution >= 0.6 is 24.0 Å². The highest BCUT2D eigenvalue weighted by molar-refractivity contribution is 7.80. The number of fused-ring (bicyclic) bond motifs is 1. The highest BCUT2D eigenvalue weighted by Gasteiger charge is 2.13. The summed E-state index contributed by atoms with van der Waals surface area (Å²) in [7, 11) is 0. The molecule has 14 heavy (non-hydrogen) atoms. The lowest BCUT2D eigenvalue weighted by molar-refractivity contribution is -0.387. The molecule has 0 amide bonds. The molecule has 0 saturated carbocycles. The molecule has 0 radical (unpaired) electrons. The number of nitrogens with zero attached hydrogens (tertiary/aromatic N) is 1. The molecule has 0 aliphatic heterocycles. The van der Waals surface area contributed by atoms with Gasteiger partial charge in [-0.3, -0.25) is 10.1 Å². The normalized spacial score (nSPS) is 10.6. The largest absolute Gasteiger partial charge is 0.391 e. The number of benzene rings is 1. The smallest absolute Gasteiger partial charge is 0.283 e. The van der Waals surface area contributed by atoms with Crippen molar-refractivity contribution in [2.24, 2.45) is 0 Å². The Morgan fingerprint density at radius 3 is 2.79 bits per heavy atom. The van der Waals surface area contributed by atoms with Gasteiger partial charge in [-0.25, -0.2) is 0 Å². The molecule has 0 aliphatic rings. The van der Waals surface area contributed by atoms with Gasteiger partial charge in [0, 0.05) is 16.2 Å². The van der Waals surface area contributed by atoms with E-state index in [-0.39, 0.29) is 5.69 Å². The molecule has 2 rings (SSSR count). The minimum absolute atomic E-state index is 0.0126. The lowest BCUT2D eigenvalue weighted by Crippen LogP contribution is -1.88. The van der Waals surface area contributed by atoms with Crippen molar-refractivity contribution >= 4 is 44.7 Å². The average molecular weight is 226 g/mol. The van der Waals surface area contributed by atoms with Crippen LogP contribution in [0.3, 0.4) is 0 Å². The molecular weight excluding hydrogens is 220 g/mol. The van der Waals surface area contributed by atoms with Crippen LogP contribution in [0.2, 0.25) is 0 Å². The molecule has 0 atom stereocenters.